The summed E-state index contributed by atoms with van der Waals surface area (Å²) in [7, 11) is 0. The lowest BCUT2D eigenvalue weighted by Gasteiger charge is -2.07. The number of anilines is 1. The van der Waals surface area contributed by atoms with Crippen molar-refractivity contribution in [1.29, 1.82) is 0 Å². The normalized spacial score (nSPS) is 10.2. The molecule has 1 amide bonds. The zero-order chi connectivity index (χ0) is 15.4. The van der Waals surface area contributed by atoms with Crippen molar-refractivity contribution in [3.05, 3.63) is 55.2 Å². The zero-order valence-corrected chi connectivity index (χ0v) is 12.2. The number of rotatable bonds is 5. The minimum atomic E-state index is -0.647. The number of thiophene rings is 1. The van der Waals surface area contributed by atoms with Crippen molar-refractivity contribution in [1.82, 2.24) is 5.32 Å². The van der Waals surface area contributed by atoms with Crippen LogP contribution in [0.1, 0.15) is 15.2 Å². The molecule has 1 aromatic carbocycles. The number of carbonyl (C=O) groups is 1. The van der Waals surface area contributed by atoms with Gasteiger partial charge in [0.05, 0.1) is 15.8 Å². The van der Waals surface area contributed by atoms with Gasteiger partial charge in [-0.2, -0.15) is 0 Å². The van der Waals surface area contributed by atoms with Gasteiger partial charge in [-0.25, -0.2) is 0 Å². The summed E-state index contributed by atoms with van der Waals surface area (Å²) in [6.45, 7) is 0.244. The molecule has 0 aliphatic heterocycles. The number of nitrogen functional groups attached to an aromatic ring is 1. The minimum absolute atomic E-state index is 0.0573. The lowest BCUT2D eigenvalue weighted by atomic mass is 10.1. The molecule has 2 aromatic rings. The number of nitrogens with zero attached hydrogens (tertiary/aromatic N) is 1. The first-order chi connectivity index (χ1) is 10.0. The number of hydrogen-bond acceptors (Lipinski definition) is 6. The van der Waals surface area contributed by atoms with Crippen molar-refractivity contribution in [2.75, 3.05) is 5.43 Å². The lowest BCUT2D eigenvalue weighted by Crippen LogP contribution is -2.24. The van der Waals surface area contributed by atoms with E-state index in [2.05, 4.69) is 10.7 Å². The number of nitrogens with one attached hydrogen (secondary N) is 2. The predicted octanol–water partition coefficient (Wildman–Crippen LogP) is 2.53. The third-order valence-electron chi connectivity index (χ3n) is 2.67. The molecule has 0 unspecified atom stereocenters. The molecule has 4 N–H and O–H groups in total. The molecule has 21 heavy (non-hydrogen) atoms. The van der Waals surface area contributed by atoms with Crippen LogP contribution in [-0.2, 0) is 6.54 Å². The number of nitrogens with two attached hydrogens (primary N) is 1. The Morgan fingerprint density at radius 1 is 1.38 bits per heavy atom. The summed E-state index contributed by atoms with van der Waals surface area (Å²) in [5, 5.41) is 13.7. The summed E-state index contributed by atoms with van der Waals surface area (Å²) < 4.78 is 0.611. The Kier molecular flexibility index (Phi) is 4.73. The van der Waals surface area contributed by atoms with Crippen molar-refractivity contribution >= 4 is 40.2 Å². The van der Waals surface area contributed by atoms with Crippen molar-refractivity contribution in [2.24, 2.45) is 5.84 Å². The Morgan fingerprint density at radius 2 is 2.14 bits per heavy atom. The van der Waals surface area contributed by atoms with E-state index in [1.807, 2.05) is 0 Å². The van der Waals surface area contributed by atoms with Gasteiger partial charge >= 0.3 is 5.69 Å². The fraction of sp³-hybridized carbons (Fsp3) is 0.0833. The van der Waals surface area contributed by atoms with E-state index in [0.717, 1.165) is 4.88 Å². The molecule has 7 nitrogen and oxygen atoms in total. The van der Waals surface area contributed by atoms with Gasteiger partial charge in [-0.05, 0) is 24.3 Å². The maximum absolute atomic E-state index is 12.1. The summed E-state index contributed by atoms with van der Waals surface area (Å²) in [6, 6.07) is 7.80. The number of nitro groups is 1. The highest BCUT2D eigenvalue weighted by Crippen LogP contribution is 2.28. The van der Waals surface area contributed by atoms with Crippen LogP contribution in [0.25, 0.3) is 0 Å². The second-order valence-electron chi connectivity index (χ2n) is 3.99. The summed E-state index contributed by atoms with van der Waals surface area (Å²) in [6.07, 6.45) is 0. The van der Waals surface area contributed by atoms with Crippen LogP contribution >= 0.6 is 22.9 Å². The van der Waals surface area contributed by atoms with Crippen LogP contribution < -0.4 is 16.6 Å². The molecule has 0 aliphatic carbocycles. The molecule has 0 spiro atoms. The summed E-state index contributed by atoms with van der Waals surface area (Å²) in [4.78, 5) is 23.4. The molecule has 2 rings (SSSR count). The summed E-state index contributed by atoms with van der Waals surface area (Å²) in [5.41, 5.74) is 1.87. The van der Waals surface area contributed by atoms with E-state index >= 15 is 0 Å². The largest absolute Gasteiger partial charge is 0.347 e. The fourth-order valence-corrected chi connectivity index (χ4v) is 2.78. The average Bonchev–Trinajstić information content (AvgIpc) is 2.89. The van der Waals surface area contributed by atoms with Gasteiger partial charge in [0.15, 0.2) is 0 Å². The average molecular weight is 327 g/mol. The Bertz CT molecular complexity index is 689. The van der Waals surface area contributed by atoms with E-state index in [9.17, 15) is 14.9 Å². The molecule has 1 aromatic heterocycles. The van der Waals surface area contributed by atoms with Crippen LogP contribution in [0.4, 0.5) is 11.4 Å². The first-order valence-corrected chi connectivity index (χ1v) is 6.99. The highest BCUT2D eigenvalue weighted by Gasteiger charge is 2.24. The number of benzene rings is 1. The Hall–Kier alpha value is -2.16. The van der Waals surface area contributed by atoms with E-state index < -0.39 is 10.8 Å². The number of para-hydroxylation sites is 1. The monoisotopic (exact) mass is 326 g/mol. The molecule has 1 heterocycles. The molecule has 0 saturated carbocycles. The predicted molar refractivity (Wildman–Crippen MR) is 81.4 cm³/mol. The zero-order valence-electron chi connectivity index (χ0n) is 10.6. The van der Waals surface area contributed by atoms with Gasteiger partial charge in [0.25, 0.3) is 5.91 Å². The van der Waals surface area contributed by atoms with Crippen LogP contribution in [0, 0.1) is 10.1 Å². The highest BCUT2D eigenvalue weighted by atomic mass is 35.5. The van der Waals surface area contributed by atoms with Gasteiger partial charge in [0.1, 0.15) is 11.3 Å². The van der Waals surface area contributed by atoms with Gasteiger partial charge < -0.3 is 10.7 Å². The van der Waals surface area contributed by atoms with E-state index in [-0.39, 0.29) is 23.5 Å². The molecule has 0 radical (unpaired) electrons. The van der Waals surface area contributed by atoms with Crippen LogP contribution in [0.15, 0.2) is 30.3 Å². The molecular formula is C12H11ClN4O3S. The van der Waals surface area contributed by atoms with Crippen LogP contribution in [0.2, 0.25) is 4.34 Å². The van der Waals surface area contributed by atoms with E-state index in [4.69, 9.17) is 17.4 Å². The van der Waals surface area contributed by atoms with Crippen molar-refractivity contribution in [3.8, 4) is 0 Å². The number of amides is 1. The molecular weight excluding hydrogens is 316 g/mol. The van der Waals surface area contributed by atoms with Gasteiger partial charge in [-0.15, -0.1) is 11.3 Å². The standard InChI is InChI=1S/C12H11ClN4O3S/c13-10-5-4-7(21-10)6-15-12(18)8-2-1-3-9(16-14)11(8)17(19)20/h1-5,16H,6,14H2,(H,15,18). The maximum Gasteiger partial charge on any atom is 0.306 e. The van der Waals surface area contributed by atoms with Crippen LogP contribution in [-0.4, -0.2) is 10.8 Å². The summed E-state index contributed by atoms with van der Waals surface area (Å²) >= 11 is 7.12. The molecule has 0 bridgehead atoms. The second-order valence-corrected chi connectivity index (χ2v) is 5.79. The molecule has 0 saturated heterocycles. The van der Waals surface area contributed by atoms with E-state index in [1.165, 1.54) is 29.5 Å². The van der Waals surface area contributed by atoms with Gasteiger partial charge in [0, 0.05) is 4.88 Å². The molecule has 9 heteroatoms. The SMILES string of the molecule is NNc1cccc(C(=O)NCc2ccc(Cl)s2)c1[N+](=O)[O-]. The third kappa shape index (κ3) is 3.48. The van der Waals surface area contributed by atoms with Crippen molar-refractivity contribution in [2.45, 2.75) is 6.54 Å². The number of halogens is 1. The second kappa shape index (κ2) is 6.53. The Labute approximate surface area is 128 Å². The topological polar surface area (TPSA) is 110 Å². The van der Waals surface area contributed by atoms with Crippen LogP contribution in [0.3, 0.4) is 0 Å². The highest BCUT2D eigenvalue weighted by molar-refractivity contribution is 7.16. The minimum Gasteiger partial charge on any atom is -0.347 e. The number of hydrogen-bond donors (Lipinski definition) is 3. The number of carbonyl (C=O) groups excluding carboxylic acids is 1. The molecule has 0 fully saturated rings. The van der Waals surface area contributed by atoms with Gasteiger partial charge in [-0.1, -0.05) is 17.7 Å². The number of hydrazine groups is 1. The van der Waals surface area contributed by atoms with Crippen molar-refractivity contribution < 1.29 is 9.72 Å². The number of nitro benzene ring substituents is 1. The maximum atomic E-state index is 12.1. The van der Waals surface area contributed by atoms with E-state index in [1.54, 1.807) is 12.1 Å². The quantitative estimate of drug-likeness (QED) is 0.444. The first-order valence-electron chi connectivity index (χ1n) is 5.79. The Balaban J connectivity index is 2.20. The van der Waals surface area contributed by atoms with Crippen molar-refractivity contribution in [3.63, 3.8) is 0 Å². The Morgan fingerprint density at radius 3 is 2.71 bits per heavy atom. The molecule has 0 atom stereocenters. The van der Waals surface area contributed by atoms with E-state index in [0.29, 0.717) is 4.34 Å². The van der Waals surface area contributed by atoms with Crippen LogP contribution in [0.5, 0.6) is 0 Å². The lowest BCUT2D eigenvalue weighted by molar-refractivity contribution is -0.384. The third-order valence-corrected chi connectivity index (χ3v) is 3.90. The first kappa shape index (κ1) is 15.2. The molecule has 110 valence electrons. The smallest absolute Gasteiger partial charge is 0.306 e. The van der Waals surface area contributed by atoms with Gasteiger partial charge in [-0.3, -0.25) is 20.8 Å². The van der Waals surface area contributed by atoms with Gasteiger partial charge in [0.2, 0.25) is 0 Å². The summed E-state index contributed by atoms with van der Waals surface area (Å²) in [5.74, 6) is 4.67. The fourth-order valence-electron chi connectivity index (χ4n) is 1.75. The molecule has 0 aliphatic rings.